The minimum Gasteiger partial charge on any atom is -0.508 e. The first kappa shape index (κ1) is 15.5. The Labute approximate surface area is 142 Å². The molecule has 23 heavy (non-hydrogen) atoms. The minimum absolute atomic E-state index is 0.0656. The Balaban J connectivity index is 1.82. The molecule has 0 aliphatic rings. The number of nitrogens with one attached hydrogen (secondary N) is 1. The third kappa shape index (κ3) is 3.50. The number of benzene rings is 2. The molecule has 4 nitrogen and oxygen atoms in total. The van der Waals surface area contributed by atoms with Crippen molar-refractivity contribution in [2.24, 2.45) is 0 Å². The van der Waals surface area contributed by atoms with Gasteiger partial charge in [-0.05, 0) is 42.5 Å². The van der Waals surface area contributed by atoms with Crippen molar-refractivity contribution in [1.82, 2.24) is 0 Å². The van der Waals surface area contributed by atoms with Crippen molar-refractivity contribution in [2.45, 2.75) is 0 Å². The van der Waals surface area contributed by atoms with Crippen molar-refractivity contribution in [3.05, 3.63) is 70.4 Å². The molecule has 0 saturated heterocycles. The first-order chi connectivity index (χ1) is 11.0. The zero-order valence-electron chi connectivity index (χ0n) is 11.7. The Morgan fingerprint density at radius 2 is 1.87 bits per heavy atom. The van der Waals surface area contributed by atoms with E-state index in [9.17, 15) is 9.90 Å². The van der Waals surface area contributed by atoms with Gasteiger partial charge in [0.2, 0.25) is 0 Å². The van der Waals surface area contributed by atoms with Gasteiger partial charge in [0.05, 0.1) is 5.02 Å². The molecule has 0 spiro atoms. The smallest absolute Gasteiger partial charge is 0.291 e. The van der Waals surface area contributed by atoms with Gasteiger partial charge in [-0.25, -0.2) is 0 Å². The number of aromatic hydroxyl groups is 1. The molecule has 0 aliphatic carbocycles. The summed E-state index contributed by atoms with van der Waals surface area (Å²) in [5.41, 5.74) is 1.12. The largest absolute Gasteiger partial charge is 0.508 e. The maximum absolute atomic E-state index is 12.2. The lowest BCUT2D eigenvalue weighted by molar-refractivity contribution is 0.0997. The average Bonchev–Trinajstić information content (AvgIpc) is 2.97. The van der Waals surface area contributed by atoms with Crippen LogP contribution in [0.4, 0.5) is 5.69 Å². The Morgan fingerprint density at radius 1 is 1.04 bits per heavy atom. The van der Waals surface area contributed by atoms with Gasteiger partial charge >= 0.3 is 0 Å². The highest BCUT2D eigenvalue weighted by Crippen LogP contribution is 2.31. The van der Waals surface area contributed by atoms with E-state index in [1.54, 1.807) is 42.5 Å². The maximum Gasteiger partial charge on any atom is 0.291 e. The lowest BCUT2D eigenvalue weighted by Crippen LogP contribution is -2.10. The number of amides is 1. The second kappa shape index (κ2) is 6.36. The summed E-state index contributed by atoms with van der Waals surface area (Å²) in [5.74, 6) is 0.241. The quantitative estimate of drug-likeness (QED) is 0.683. The first-order valence-corrected chi connectivity index (χ1v) is 7.44. The second-order valence-electron chi connectivity index (χ2n) is 4.79. The zero-order valence-corrected chi connectivity index (χ0v) is 13.2. The molecule has 6 heteroatoms. The molecule has 116 valence electrons. The zero-order chi connectivity index (χ0) is 16.4. The average molecular weight is 348 g/mol. The third-order valence-corrected chi connectivity index (χ3v) is 3.68. The number of hydrogen-bond acceptors (Lipinski definition) is 3. The van der Waals surface area contributed by atoms with Crippen LogP contribution in [0.15, 0.2) is 59.0 Å². The number of carbonyl (C=O) groups is 1. The van der Waals surface area contributed by atoms with Crippen LogP contribution in [-0.4, -0.2) is 11.0 Å². The highest BCUT2D eigenvalue weighted by atomic mass is 35.5. The van der Waals surface area contributed by atoms with Crippen LogP contribution in [0.2, 0.25) is 10.0 Å². The Hall–Kier alpha value is -2.43. The van der Waals surface area contributed by atoms with Crippen LogP contribution in [0, 0.1) is 0 Å². The summed E-state index contributed by atoms with van der Waals surface area (Å²) in [6, 6.07) is 14.5. The number of anilines is 1. The van der Waals surface area contributed by atoms with E-state index in [0.717, 1.165) is 0 Å². The van der Waals surface area contributed by atoms with Crippen LogP contribution >= 0.6 is 23.2 Å². The molecule has 1 heterocycles. The van der Waals surface area contributed by atoms with Crippen molar-refractivity contribution < 1.29 is 14.3 Å². The van der Waals surface area contributed by atoms with Gasteiger partial charge in [0.15, 0.2) is 5.76 Å². The Morgan fingerprint density at radius 3 is 2.61 bits per heavy atom. The van der Waals surface area contributed by atoms with E-state index in [-0.39, 0.29) is 11.5 Å². The summed E-state index contributed by atoms with van der Waals surface area (Å²) < 4.78 is 5.55. The van der Waals surface area contributed by atoms with Crippen molar-refractivity contribution in [3.63, 3.8) is 0 Å². The molecule has 2 aromatic carbocycles. The number of phenolic OH excluding ortho intramolecular Hbond substituents is 1. The predicted octanol–water partition coefficient (Wildman–Crippen LogP) is 5.21. The normalized spacial score (nSPS) is 10.5. The molecule has 0 saturated carbocycles. The molecule has 3 rings (SSSR count). The van der Waals surface area contributed by atoms with E-state index >= 15 is 0 Å². The second-order valence-corrected chi connectivity index (χ2v) is 5.64. The monoisotopic (exact) mass is 347 g/mol. The first-order valence-electron chi connectivity index (χ1n) is 6.68. The maximum atomic E-state index is 12.2. The highest BCUT2D eigenvalue weighted by Gasteiger charge is 2.14. The molecule has 0 radical (unpaired) electrons. The van der Waals surface area contributed by atoms with Gasteiger partial charge in [-0.1, -0.05) is 29.3 Å². The third-order valence-electron chi connectivity index (χ3n) is 3.13. The number of furan rings is 1. The van der Waals surface area contributed by atoms with Crippen LogP contribution in [0.3, 0.4) is 0 Å². The molecule has 0 atom stereocenters. The van der Waals surface area contributed by atoms with Crippen molar-refractivity contribution >= 4 is 34.8 Å². The summed E-state index contributed by atoms with van der Waals surface area (Å²) in [5, 5.41) is 13.0. The van der Waals surface area contributed by atoms with Gasteiger partial charge in [0.1, 0.15) is 11.5 Å². The molecule has 0 fully saturated rings. The van der Waals surface area contributed by atoms with Gasteiger partial charge in [-0.2, -0.15) is 0 Å². The van der Waals surface area contributed by atoms with Crippen LogP contribution in [-0.2, 0) is 0 Å². The number of hydrogen-bond donors (Lipinski definition) is 2. The van der Waals surface area contributed by atoms with Crippen LogP contribution in [0.1, 0.15) is 10.6 Å². The fourth-order valence-corrected chi connectivity index (χ4v) is 2.57. The molecular weight excluding hydrogens is 337 g/mol. The fraction of sp³-hybridized carbons (Fsp3) is 0. The van der Waals surface area contributed by atoms with E-state index in [4.69, 9.17) is 27.6 Å². The van der Waals surface area contributed by atoms with E-state index < -0.39 is 5.91 Å². The summed E-state index contributed by atoms with van der Waals surface area (Å²) >= 11 is 12.0. The standard InChI is InChI=1S/C17H11Cl2NO3/c18-10-4-5-13(14(19)8-10)15-6-7-16(23-15)17(22)20-11-2-1-3-12(21)9-11/h1-9,21H,(H,20,22). The van der Waals surface area contributed by atoms with Gasteiger partial charge in [-0.3, -0.25) is 4.79 Å². The van der Waals surface area contributed by atoms with Gasteiger partial charge in [0.25, 0.3) is 5.91 Å². The number of halogens is 2. The van der Waals surface area contributed by atoms with E-state index in [1.165, 1.54) is 12.1 Å². The molecule has 0 bridgehead atoms. The van der Waals surface area contributed by atoms with Crippen LogP contribution in [0.5, 0.6) is 5.75 Å². The molecular formula is C17H11Cl2NO3. The van der Waals surface area contributed by atoms with Crippen molar-refractivity contribution in [1.29, 1.82) is 0 Å². The molecule has 2 N–H and O–H groups in total. The van der Waals surface area contributed by atoms with E-state index in [1.807, 2.05) is 0 Å². The SMILES string of the molecule is O=C(Nc1cccc(O)c1)c1ccc(-c2ccc(Cl)cc2Cl)o1. The molecule has 0 aliphatic heterocycles. The summed E-state index contributed by atoms with van der Waals surface area (Å²) in [6.45, 7) is 0. The lowest BCUT2D eigenvalue weighted by Gasteiger charge is -2.04. The van der Waals surface area contributed by atoms with E-state index in [2.05, 4.69) is 5.32 Å². The number of rotatable bonds is 3. The van der Waals surface area contributed by atoms with Crippen molar-refractivity contribution in [3.8, 4) is 17.1 Å². The number of carbonyl (C=O) groups excluding carboxylic acids is 1. The molecule has 1 amide bonds. The molecule has 0 unspecified atom stereocenters. The summed E-state index contributed by atoms with van der Waals surface area (Å²) in [4.78, 5) is 12.2. The fourth-order valence-electron chi connectivity index (χ4n) is 2.07. The number of phenols is 1. The Kier molecular flexibility index (Phi) is 4.28. The predicted molar refractivity (Wildman–Crippen MR) is 90.2 cm³/mol. The van der Waals surface area contributed by atoms with Crippen LogP contribution in [0.25, 0.3) is 11.3 Å². The van der Waals surface area contributed by atoms with Gasteiger partial charge in [-0.15, -0.1) is 0 Å². The highest BCUT2D eigenvalue weighted by molar-refractivity contribution is 6.36. The van der Waals surface area contributed by atoms with E-state index in [0.29, 0.717) is 27.1 Å². The Bertz CT molecular complexity index is 874. The van der Waals surface area contributed by atoms with Gasteiger partial charge < -0.3 is 14.8 Å². The molecule has 1 aromatic heterocycles. The lowest BCUT2D eigenvalue weighted by atomic mass is 10.2. The summed E-state index contributed by atoms with van der Waals surface area (Å²) in [6.07, 6.45) is 0. The topological polar surface area (TPSA) is 62.5 Å². The van der Waals surface area contributed by atoms with Crippen molar-refractivity contribution in [2.75, 3.05) is 5.32 Å². The van der Waals surface area contributed by atoms with Gasteiger partial charge in [0, 0.05) is 22.3 Å². The minimum atomic E-state index is -0.424. The summed E-state index contributed by atoms with van der Waals surface area (Å²) in [7, 11) is 0. The van der Waals surface area contributed by atoms with Crippen LogP contribution < -0.4 is 5.32 Å². The molecule has 3 aromatic rings.